The van der Waals surface area contributed by atoms with Crippen molar-refractivity contribution in [1.29, 1.82) is 0 Å². The SMILES string of the molecule is Oc1cc(-c2ccc(N(c3ccccc3)c3ccccc3)cc2)ccc1C=Nc1ccccc1N=Cc1ccc(-c2ccc(N(c3ccccc3)c3ccccc3)cc2)cc1O.[Pt]. The van der Waals surface area contributed by atoms with Gasteiger partial charge in [0.05, 0.1) is 11.4 Å². The minimum absolute atomic E-state index is 0. The third-order valence-electron chi connectivity index (χ3n) is 10.6. The van der Waals surface area contributed by atoms with E-state index in [1.807, 2.05) is 121 Å². The second-order valence-electron chi connectivity index (χ2n) is 14.7. The van der Waals surface area contributed by atoms with E-state index in [1.165, 1.54) is 0 Å². The van der Waals surface area contributed by atoms with Crippen LogP contribution < -0.4 is 9.80 Å². The van der Waals surface area contributed by atoms with Crippen LogP contribution in [0.2, 0.25) is 0 Å². The number of aliphatic imine (C=N–C) groups is 2. The van der Waals surface area contributed by atoms with Crippen LogP contribution in [-0.4, -0.2) is 22.6 Å². The van der Waals surface area contributed by atoms with Crippen LogP contribution in [0.4, 0.5) is 45.5 Å². The molecular weight excluding hydrogens is 956 g/mol. The Kier molecular flexibility index (Phi) is 13.1. The predicted octanol–water partition coefficient (Wildman–Crippen LogP) is 14.9. The van der Waals surface area contributed by atoms with Crippen LogP contribution >= 0.6 is 0 Å². The maximum absolute atomic E-state index is 11.1. The first-order valence-electron chi connectivity index (χ1n) is 20.4. The number of nitrogens with zero attached hydrogens (tertiary/aromatic N) is 4. The van der Waals surface area contributed by atoms with Crippen LogP contribution in [0.15, 0.2) is 241 Å². The van der Waals surface area contributed by atoms with Crippen LogP contribution in [0.25, 0.3) is 22.3 Å². The quantitative estimate of drug-likeness (QED) is 0.120. The van der Waals surface area contributed by atoms with E-state index in [0.717, 1.165) is 56.4 Å². The average molecular weight is 998 g/mol. The van der Waals surface area contributed by atoms with Crippen LogP contribution in [-0.2, 0) is 21.1 Å². The zero-order chi connectivity index (χ0) is 42.1. The number of phenols is 2. The third-order valence-corrected chi connectivity index (χ3v) is 10.6. The molecule has 6 nitrogen and oxygen atoms in total. The zero-order valence-corrected chi connectivity index (χ0v) is 36.4. The van der Waals surface area contributed by atoms with Crippen molar-refractivity contribution in [2.24, 2.45) is 9.98 Å². The molecule has 0 radical (unpaired) electrons. The van der Waals surface area contributed by atoms with Crippen molar-refractivity contribution in [2.45, 2.75) is 0 Å². The summed E-state index contributed by atoms with van der Waals surface area (Å²) in [7, 11) is 0. The van der Waals surface area contributed by atoms with Crippen molar-refractivity contribution in [3.8, 4) is 33.8 Å². The van der Waals surface area contributed by atoms with Crippen molar-refractivity contribution in [1.82, 2.24) is 0 Å². The Morgan fingerprint density at radius 2 is 0.571 bits per heavy atom. The van der Waals surface area contributed by atoms with Gasteiger partial charge in [-0.1, -0.05) is 121 Å². The number of hydrogen-bond donors (Lipinski definition) is 2. The molecule has 0 saturated heterocycles. The number of rotatable bonds is 12. The fourth-order valence-corrected chi connectivity index (χ4v) is 7.43. The Morgan fingerprint density at radius 3 is 0.873 bits per heavy atom. The van der Waals surface area contributed by atoms with E-state index in [0.29, 0.717) is 22.5 Å². The van der Waals surface area contributed by atoms with Gasteiger partial charge in [0.2, 0.25) is 0 Å². The molecule has 0 atom stereocenters. The summed E-state index contributed by atoms with van der Waals surface area (Å²) in [6, 6.07) is 76.6. The van der Waals surface area contributed by atoms with E-state index in [2.05, 4.69) is 107 Å². The number of anilines is 6. The molecule has 63 heavy (non-hydrogen) atoms. The van der Waals surface area contributed by atoms with Crippen LogP contribution in [0, 0.1) is 0 Å². The Balaban J connectivity index is 0.00000544. The summed E-state index contributed by atoms with van der Waals surface area (Å²) in [4.78, 5) is 13.8. The average Bonchev–Trinajstić information content (AvgIpc) is 3.33. The maximum Gasteiger partial charge on any atom is 0.124 e. The van der Waals surface area contributed by atoms with Crippen LogP contribution in [0.3, 0.4) is 0 Å². The first-order valence-corrected chi connectivity index (χ1v) is 20.4. The summed E-state index contributed by atoms with van der Waals surface area (Å²) >= 11 is 0. The van der Waals surface area contributed by atoms with E-state index in [1.54, 1.807) is 24.6 Å². The molecule has 0 bridgehead atoms. The second-order valence-corrected chi connectivity index (χ2v) is 14.7. The van der Waals surface area contributed by atoms with Gasteiger partial charge in [0.25, 0.3) is 0 Å². The normalized spacial score (nSPS) is 11.0. The van der Waals surface area contributed by atoms with Gasteiger partial charge in [-0.2, -0.15) is 0 Å². The summed E-state index contributed by atoms with van der Waals surface area (Å²) in [5.74, 6) is 0.242. The van der Waals surface area contributed by atoms with Crippen molar-refractivity contribution < 1.29 is 31.3 Å². The molecule has 308 valence electrons. The van der Waals surface area contributed by atoms with Crippen molar-refractivity contribution >= 4 is 57.9 Å². The van der Waals surface area contributed by atoms with Crippen molar-refractivity contribution in [3.05, 3.63) is 242 Å². The van der Waals surface area contributed by atoms with E-state index in [9.17, 15) is 10.2 Å². The fourth-order valence-electron chi connectivity index (χ4n) is 7.43. The molecule has 0 spiro atoms. The molecule has 0 fully saturated rings. The molecule has 2 N–H and O–H groups in total. The standard InChI is InChI=1S/C56H42N4O2.Pt/c61-55-37-43(41-29-33-51(34-30-41)59(47-15-5-1-6-16-47)48-17-7-2-8-18-48)25-27-45(55)39-57-53-23-13-14-24-54(53)58-40-46-28-26-44(38-56(46)62)42-31-35-52(36-32-42)60(49-19-9-3-10-20-49)50-21-11-4-12-22-50;/h1-40,61-62H;. The largest absolute Gasteiger partial charge is 0.507 e. The molecule has 9 rings (SSSR count). The minimum atomic E-state index is 0. The van der Waals surface area contributed by atoms with Gasteiger partial charge in [-0.05, 0) is 131 Å². The topological polar surface area (TPSA) is 71.7 Å². The molecular formula is C56H42N4O2Pt. The molecule has 9 aromatic carbocycles. The molecule has 0 saturated carbocycles. The number of phenolic OH excluding ortho intramolecular Hbond substituents is 2. The number of aromatic hydroxyl groups is 2. The molecule has 0 aliphatic rings. The van der Waals surface area contributed by atoms with Gasteiger partial charge in [-0.15, -0.1) is 0 Å². The van der Waals surface area contributed by atoms with Gasteiger partial charge in [-0.3, -0.25) is 9.98 Å². The summed E-state index contributed by atoms with van der Waals surface area (Å²) in [5, 5.41) is 22.2. The summed E-state index contributed by atoms with van der Waals surface area (Å²) < 4.78 is 0. The van der Waals surface area contributed by atoms with Gasteiger partial charge in [0.1, 0.15) is 11.5 Å². The Bertz CT molecular complexity index is 2680. The van der Waals surface area contributed by atoms with E-state index < -0.39 is 0 Å². The third kappa shape index (κ3) is 9.73. The van der Waals surface area contributed by atoms with Crippen molar-refractivity contribution in [2.75, 3.05) is 9.80 Å². The molecule has 7 heteroatoms. The maximum atomic E-state index is 11.1. The smallest absolute Gasteiger partial charge is 0.124 e. The molecule has 0 heterocycles. The first-order chi connectivity index (χ1) is 30.6. The zero-order valence-electron chi connectivity index (χ0n) is 34.1. The Hall–Kier alpha value is -7.79. The van der Waals surface area contributed by atoms with Crippen LogP contribution in [0.1, 0.15) is 11.1 Å². The second kappa shape index (κ2) is 19.7. The van der Waals surface area contributed by atoms with E-state index >= 15 is 0 Å². The van der Waals surface area contributed by atoms with Gasteiger partial charge < -0.3 is 20.0 Å². The summed E-state index contributed by atoms with van der Waals surface area (Å²) in [6.07, 6.45) is 3.29. The summed E-state index contributed by atoms with van der Waals surface area (Å²) in [5.41, 5.74) is 12.5. The molecule has 0 aromatic heterocycles. The van der Waals surface area contributed by atoms with Gasteiger partial charge in [-0.25, -0.2) is 0 Å². The number of benzene rings is 9. The van der Waals surface area contributed by atoms with Gasteiger partial charge in [0, 0.05) is 78.7 Å². The Labute approximate surface area is 382 Å². The summed E-state index contributed by atoms with van der Waals surface area (Å²) in [6.45, 7) is 0. The number of hydrogen-bond acceptors (Lipinski definition) is 6. The van der Waals surface area contributed by atoms with E-state index in [-0.39, 0.29) is 32.6 Å². The van der Waals surface area contributed by atoms with E-state index in [4.69, 9.17) is 9.98 Å². The predicted molar refractivity (Wildman–Crippen MR) is 257 cm³/mol. The molecule has 9 aromatic rings. The van der Waals surface area contributed by atoms with Gasteiger partial charge >= 0.3 is 0 Å². The first kappa shape index (κ1) is 41.9. The monoisotopic (exact) mass is 997 g/mol. The molecule has 0 aliphatic carbocycles. The molecule has 0 amide bonds. The minimum Gasteiger partial charge on any atom is -0.507 e. The molecule has 0 unspecified atom stereocenters. The Morgan fingerprint density at radius 1 is 0.302 bits per heavy atom. The number of para-hydroxylation sites is 6. The van der Waals surface area contributed by atoms with Gasteiger partial charge in [0.15, 0.2) is 0 Å². The fraction of sp³-hybridized carbons (Fsp3) is 0. The molecule has 0 aliphatic heterocycles. The van der Waals surface area contributed by atoms with Crippen molar-refractivity contribution in [3.63, 3.8) is 0 Å². The van der Waals surface area contributed by atoms with Crippen LogP contribution in [0.5, 0.6) is 11.5 Å².